The van der Waals surface area contributed by atoms with E-state index in [-0.39, 0.29) is 5.17 Å². The molecule has 1 rings (SSSR count). The molecule has 2 N–H and O–H groups in total. The van der Waals surface area contributed by atoms with Crippen LogP contribution in [-0.2, 0) is 0 Å². The first-order valence-corrected chi connectivity index (χ1v) is 4.27. The normalized spacial score (nSPS) is 22.6. The van der Waals surface area contributed by atoms with Crippen molar-refractivity contribution in [2.75, 3.05) is 7.05 Å². The van der Waals surface area contributed by atoms with Gasteiger partial charge in [-0.05, 0) is 13.0 Å². The van der Waals surface area contributed by atoms with E-state index in [1.807, 2.05) is 6.07 Å². The van der Waals surface area contributed by atoms with Crippen LogP contribution in [0.3, 0.4) is 0 Å². The average molecular weight is 209 g/mol. The van der Waals surface area contributed by atoms with Crippen molar-refractivity contribution in [2.45, 2.75) is 6.92 Å². The molecule has 0 spiro atoms. The van der Waals surface area contributed by atoms with Crippen molar-refractivity contribution in [3.8, 4) is 6.07 Å². The van der Waals surface area contributed by atoms with Crippen LogP contribution >= 0.6 is 11.6 Å². The van der Waals surface area contributed by atoms with Gasteiger partial charge in [-0.3, -0.25) is 4.99 Å². The Balaban J connectivity index is 3.33. The Morgan fingerprint density at radius 3 is 2.79 bits per heavy atom. The highest BCUT2D eigenvalue weighted by molar-refractivity contribution is 6.71. The van der Waals surface area contributed by atoms with Gasteiger partial charge in [-0.25, -0.2) is 4.99 Å². The van der Waals surface area contributed by atoms with E-state index in [0.29, 0.717) is 22.7 Å². The maximum absolute atomic E-state index is 8.73. The van der Waals surface area contributed by atoms with Crippen LogP contribution in [0.5, 0.6) is 0 Å². The van der Waals surface area contributed by atoms with Gasteiger partial charge in [-0.1, -0.05) is 11.6 Å². The van der Waals surface area contributed by atoms with Gasteiger partial charge in [0.1, 0.15) is 11.2 Å². The number of rotatable bonds is 0. The third-order valence-corrected chi connectivity index (χ3v) is 2.00. The number of halogens is 1. The van der Waals surface area contributed by atoms with E-state index >= 15 is 0 Å². The van der Waals surface area contributed by atoms with Gasteiger partial charge in [0.15, 0.2) is 5.84 Å². The second-order valence-corrected chi connectivity index (χ2v) is 3.07. The quantitative estimate of drug-likeness (QED) is 0.653. The molecule has 0 aromatic heterocycles. The van der Waals surface area contributed by atoms with E-state index in [0.717, 1.165) is 0 Å². The van der Waals surface area contributed by atoms with Gasteiger partial charge >= 0.3 is 0 Å². The summed E-state index contributed by atoms with van der Waals surface area (Å²) in [6.07, 6.45) is 1.59. The van der Waals surface area contributed by atoms with Crippen LogP contribution in [-0.4, -0.2) is 18.1 Å². The van der Waals surface area contributed by atoms with Crippen molar-refractivity contribution in [3.05, 3.63) is 22.9 Å². The Hall–Kier alpha value is -1.60. The molecule has 1 aliphatic heterocycles. The second-order valence-electron chi connectivity index (χ2n) is 2.72. The Kier molecular flexibility index (Phi) is 3.05. The SMILES string of the molecule is C/N=C1/N=C(Cl)C(C#N)=C/C1=C(/C)N. The first-order valence-electron chi connectivity index (χ1n) is 3.90. The Labute approximate surface area is 87.1 Å². The zero-order valence-electron chi connectivity index (χ0n) is 7.87. The van der Waals surface area contributed by atoms with Crippen molar-refractivity contribution in [1.29, 1.82) is 5.26 Å². The molecule has 0 atom stereocenters. The van der Waals surface area contributed by atoms with E-state index in [2.05, 4.69) is 9.98 Å². The molecule has 1 heterocycles. The number of amidine groups is 1. The molecule has 5 heteroatoms. The summed E-state index contributed by atoms with van der Waals surface area (Å²) in [7, 11) is 1.59. The molecule has 0 aliphatic carbocycles. The summed E-state index contributed by atoms with van der Waals surface area (Å²) in [6.45, 7) is 1.72. The van der Waals surface area contributed by atoms with Crippen LogP contribution in [0.2, 0.25) is 0 Å². The fourth-order valence-electron chi connectivity index (χ4n) is 1.02. The number of allylic oxidation sites excluding steroid dienone is 2. The topological polar surface area (TPSA) is 74.5 Å². The molecule has 0 unspecified atom stereocenters. The Bertz CT molecular complexity index is 417. The highest BCUT2D eigenvalue weighted by atomic mass is 35.5. The number of nitrogens with zero attached hydrogens (tertiary/aromatic N) is 3. The molecule has 1 aliphatic rings. The molecule has 0 aromatic rings. The molecule has 0 saturated heterocycles. The first kappa shape index (κ1) is 10.5. The predicted octanol–water partition coefficient (Wildman–Crippen LogP) is 1.35. The lowest BCUT2D eigenvalue weighted by Gasteiger charge is -2.10. The van der Waals surface area contributed by atoms with Crippen LogP contribution in [0, 0.1) is 11.3 Å². The number of nitrogens with two attached hydrogens (primary N) is 1. The molecule has 72 valence electrons. The maximum Gasteiger partial charge on any atom is 0.157 e. The number of hydrogen-bond acceptors (Lipinski definition) is 3. The Morgan fingerprint density at radius 1 is 1.71 bits per heavy atom. The molecular weight excluding hydrogens is 200 g/mol. The van der Waals surface area contributed by atoms with Crippen LogP contribution in [0.15, 0.2) is 32.9 Å². The lowest BCUT2D eigenvalue weighted by Crippen LogP contribution is -2.13. The third-order valence-electron chi connectivity index (χ3n) is 1.71. The van der Waals surface area contributed by atoms with E-state index in [1.54, 1.807) is 20.0 Å². The van der Waals surface area contributed by atoms with Gasteiger partial charge in [0.05, 0.1) is 5.57 Å². The van der Waals surface area contributed by atoms with Crippen LogP contribution in [0.4, 0.5) is 0 Å². The molecule has 0 bridgehead atoms. The molecule has 0 fully saturated rings. The smallest absolute Gasteiger partial charge is 0.157 e. The number of hydrogen-bond donors (Lipinski definition) is 1. The van der Waals surface area contributed by atoms with E-state index in [4.69, 9.17) is 22.6 Å². The summed E-state index contributed by atoms with van der Waals surface area (Å²) >= 11 is 5.74. The number of aliphatic imine (C=N–C) groups is 2. The largest absolute Gasteiger partial charge is 0.402 e. The summed E-state index contributed by atoms with van der Waals surface area (Å²) in [5, 5.41) is 8.88. The maximum atomic E-state index is 8.73. The molecule has 4 nitrogen and oxygen atoms in total. The van der Waals surface area contributed by atoms with Crippen molar-refractivity contribution in [3.63, 3.8) is 0 Å². The molecule has 0 radical (unpaired) electrons. The highest BCUT2D eigenvalue weighted by Crippen LogP contribution is 2.17. The summed E-state index contributed by atoms with van der Waals surface area (Å²) in [5.41, 5.74) is 7.14. The molecular formula is C9H9ClN4. The minimum absolute atomic E-state index is 0.151. The lowest BCUT2D eigenvalue weighted by atomic mass is 10.1. The highest BCUT2D eigenvalue weighted by Gasteiger charge is 2.16. The zero-order valence-corrected chi connectivity index (χ0v) is 8.63. The molecule has 0 amide bonds. The number of dihydropyridines is 1. The number of nitriles is 1. The van der Waals surface area contributed by atoms with Crippen LogP contribution in [0.1, 0.15) is 6.92 Å². The first-order chi connectivity index (χ1) is 6.60. The Morgan fingerprint density at radius 2 is 2.36 bits per heavy atom. The van der Waals surface area contributed by atoms with Gasteiger partial charge in [-0.2, -0.15) is 5.26 Å². The zero-order chi connectivity index (χ0) is 10.7. The van der Waals surface area contributed by atoms with Gasteiger partial charge in [0, 0.05) is 18.3 Å². The van der Waals surface area contributed by atoms with E-state index < -0.39 is 0 Å². The third kappa shape index (κ3) is 1.83. The van der Waals surface area contributed by atoms with Gasteiger partial charge < -0.3 is 5.73 Å². The van der Waals surface area contributed by atoms with Crippen molar-refractivity contribution in [2.24, 2.45) is 15.7 Å². The standard InChI is InChI=1S/C9H9ClN4/c1-5(12)7-3-6(4-11)8(10)14-9(7)13-2/h3H,12H2,1-2H3/b7-5+,13-9+. The van der Waals surface area contributed by atoms with Gasteiger partial charge in [0.2, 0.25) is 0 Å². The summed E-state index contributed by atoms with van der Waals surface area (Å²) < 4.78 is 0. The van der Waals surface area contributed by atoms with Crippen molar-refractivity contribution < 1.29 is 0 Å². The lowest BCUT2D eigenvalue weighted by molar-refractivity contribution is 1.26. The molecule has 14 heavy (non-hydrogen) atoms. The summed E-state index contributed by atoms with van der Waals surface area (Å²) in [4.78, 5) is 7.88. The van der Waals surface area contributed by atoms with Crippen LogP contribution in [0.25, 0.3) is 0 Å². The van der Waals surface area contributed by atoms with E-state index in [9.17, 15) is 0 Å². The van der Waals surface area contributed by atoms with Crippen LogP contribution < -0.4 is 5.73 Å². The monoisotopic (exact) mass is 208 g/mol. The predicted molar refractivity (Wildman–Crippen MR) is 57.2 cm³/mol. The van der Waals surface area contributed by atoms with Gasteiger partial charge in [0.25, 0.3) is 0 Å². The fraction of sp³-hybridized carbons (Fsp3) is 0.222. The molecule has 0 aromatic carbocycles. The summed E-state index contributed by atoms with van der Waals surface area (Å²) in [6, 6.07) is 1.94. The average Bonchev–Trinajstić information content (AvgIpc) is 2.16. The van der Waals surface area contributed by atoms with Crippen molar-refractivity contribution in [1.82, 2.24) is 0 Å². The summed E-state index contributed by atoms with van der Waals surface area (Å²) in [5.74, 6) is 0.453. The molecule has 0 saturated carbocycles. The minimum Gasteiger partial charge on any atom is -0.402 e. The van der Waals surface area contributed by atoms with E-state index in [1.165, 1.54) is 0 Å². The second kappa shape index (κ2) is 4.07. The fourth-order valence-corrected chi connectivity index (χ4v) is 1.20. The van der Waals surface area contributed by atoms with Gasteiger partial charge in [-0.15, -0.1) is 0 Å². The minimum atomic E-state index is 0.151. The van der Waals surface area contributed by atoms with Crippen molar-refractivity contribution >= 4 is 22.6 Å².